The van der Waals surface area contributed by atoms with Crippen molar-refractivity contribution in [3.8, 4) is 17.2 Å². The van der Waals surface area contributed by atoms with Crippen LogP contribution in [0.3, 0.4) is 0 Å². The molecule has 0 amide bonds. The van der Waals surface area contributed by atoms with E-state index in [1.165, 1.54) is 11.6 Å². The van der Waals surface area contributed by atoms with Crippen LogP contribution >= 0.6 is 0 Å². The molecular formula is C42H46O10. The molecule has 2 atom stereocenters. The van der Waals surface area contributed by atoms with Crippen LogP contribution in [-0.4, -0.2) is 43.1 Å². The van der Waals surface area contributed by atoms with Crippen LogP contribution in [0.1, 0.15) is 73.3 Å². The van der Waals surface area contributed by atoms with Crippen LogP contribution in [0.15, 0.2) is 96.3 Å². The molecule has 1 saturated heterocycles. The van der Waals surface area contributed by atoms with Gasteiger partial charge in [-0.25, -0.2) is 4.79 Å². The number of rotatable bonds is 12. The summed E-state index contributed by atoms with van der Waals surface area (Å²) in [6.45, 7) is 15.7. The third kappa shape index (κ3) is 7.55. The van der Waals surface area contributed by atoms with Crippen LogP contribution < -0.4 is 19.8 Å². The van der Waals surface area contributed by atoms with Crippen molar-refractivity contribution in [2.45, 2.75) is 91.0 Å². The molecular weight excluding hydrogens is 664 g/mol. The minimum absolute atomic E-state index is 0.165. The van der Waals surface area contributed by atoms with Gasteiger partial charge in [0, 0.05) is 24.3 Å². The van der Waals surface area contributed by atoms with Gasteiger partial charge in [0.2, 0.25) is 0 Å². The van der Waals surface area contributed by atoms with Crippen molar-refractivity contribution in [2.24, 2.45) is 0 Å². The third-order valence-corrected chi connectivity index (χ3v) is 9.37. The highest BCUT2D eigenvalue weighted by molar-refractivity contribution is 6.01. The summed E-state index contributed by atoms with van der Waals surface area (Å²) in [5, 5.41) is 2.39. The van der Waals surface area contributed by atoms with Crippen LogP contribution in [0, 0.1) is 0 Å². The Bertz CT molecular complexity index is 2240. The molecule has 1 fully saturated rings. The molecule has 0 saturated carbocycles. The molecule has 274 valence electrons. The van der Waals surface area contributed by atoms with E-state index in [-0.39, 0.29) is 11.7 Å². The van der Waals surface area contributed by atoms with E-state index in [4.69, 9.17) is 41.7 Å². The smallest absolute Gasteiger partial charge is 0.350 e. The highest BCUT2D eigenvalue weighted by atomic mass is 16.9. The predicted octanol–water partition coefficient (Wildman–Crippen LogP) is 9.87. The highest BCUT2D eigenvalue weighted by Gasteiger charge is 2.54. The zero-order valence-corrected chi connectivity index (χ0v) is 30.8. The zero-order valence-electron chi connectivity index (χ0n) is 30.8. The Labute approximate surface area is 302 Å². The first kappa shape index (κ1) is 35.6. The minimum atomic E-state index is -1.39. The Morgan fingerprint density at radius 1 is 0.846 bits per heavy atom. The SMILES string of the molecule is C/C(=C\COc1c2c(cc3occc13)O[C@@]1(C=C2)OC(CC/C(C)=C/COc2c3ccoc3cc3oc(=O)ccc23)C(C)(C)O1)CCOC(C)(C)C. The summed E-state index contributed by atoms with van der Waals surface area (Å²) in [6.07, 6.45) is 13.2. The minimum Gasteiger partial charge on any atom is -0.488 e. The van der Waals surface area contributed by atoms with Gasteiger partial charge in [-0.3, -0.25) is 0 Å². The summed E-state index contributed by atoms with van der Waals surface area (Å²) >= 11 is 0. The van der Waals surface area contributed by atoms with E-state index >= 15 is 0 Å². The molecule has 0 bridgehead atoms. The number of hydrogen-bond acceptors (Lipinski definition) is 10. The lowest BCUT2D eigenvalue weighted by atomic mass is 9.96. The maximum Gasteiger partial charge on any atom is 0.350 e. The van der Waals surface area contributed by atoms with Crippen molar-refractivity contribution in [1.29, 1.82) is 0 Å². The van der Waals surface area contributed by atoms with Gasteiger partial charge < -0.3 is 41.7 Å². The number of ether oxygens (including phenoxy) is 6. The van der Waals surface area contributed by atoms with Crippen molar-refractivity contribution >= 4 is 39.0 Å². The summed E-state index contributed by atoms with van der Waals surface area (Å²) in [5.41, 5.74) is 3.56. The van der Waals surface area contributed by atoms with Crippen molar-refractivity contribution in [3.05, 3.63) is 94.3 Å². The molecule has 10 nitrogen and oxygen atoms in total. The number of allylic oxidation sites excluding steroid dienone is 1. The van der Waals surface area contributed by atoms with Crippen LogP contribution in [0.4, 0.5) is 0 Å². The molecule has 2 aromatic carbocycles. The molecule has 52 heavy (non-hydrogen) atoms. The summed E-state index contributed by atoms with van der Waals surface area (Å²) < 4.78 is 54.7. The molecule has 2 aliphatic heterocycles. The van der Waals surface area contributed by atoms with E-state index in [0.29, 0.717) is 65.6 Å². The third-order valence-electron chi connectivity index (χ3n) is 9.37. The van der Waals surface area contributed by atoms with E-state index < -0.39 is 17.2 Å². The maximum absolute atomic E-state index is 11.8. The Kier molecular flexibility index (Phi) is 9.58. The molecule has 5 heterocycles. The first-order chi connectivity index (χ1) is 24.8. The summed E-state index contributed by atoms with van der Waals surface area (Å²) in [7, 11) is 0. The van der Waals surface area contributed by atoms with Gasteiger partial charge in [-0.15, -0.1) is 0 Å². The van der Waals surface area contributed by atoms with Crippen molar-refractivity contribution in [1.82, 2.24) is 0 Å². The van der Waals surface area contributed by atoms with Crippen LogP contribution in [0.5, 0.6) is 17.2 Å². The first-order valence-electron chi connectivity index (χ1n) is 17.7. The normalized spacial score (nSPS) is 20.2. The standard InChI is InChI=1S/C42H46O10/c1-26(13-19-46-38-28-9-11-37(43)49-34(28)24-32-30(38)16-21-44-32)8-10-36-41(6,7)52-42(51-36)18-12-29-35(50-42)25-33-31(17-22-45-33)39(29)47-20-14-27(2)15-23-48-40(3,4)5/h9,11-14,16-18,21-22,24-25,36H,8,10,15,19-20,23H2,1-7H3/b26-13+,27-14+/t36?,42-/m0/s1. The fraction of sp³-hybridized carbons (Fsp3) is 0.405. The molecule has 5 aromatic rings. The first-order valence-corrected chi connectivity index (χ1v) is 17.7. The van der Waals surface area contributed by atoms with Crippen LogP contribution in [-0.2, 0) is 14.2 Å². The molecule has 2 aliphatic rings. The van der Waals surface area contributed by atoms with Gasteiger partial charge in [0.05, 0.1) is 58.2 Å². The van der Waals surface area contributed by atoms with Gasteiger partial charge in [-0.2, -0.15) is 0 Å². The molecule has 10 heteroatoms. The quantitative estimate of drug-likeness (QED) is 0.0916. The summed E-state index contributed by atoms with van der Waals surface area (Å²) in [4.78, 5) is 11.8. The molecule has 0 N–H and O–H groups in total. The molecule has 3 aromatic heterocycles. The van der Waals surface area contributed by atoms with E-state index in [1.54, 1.807) is 24.7 Å². The van der Waals surface area contributed by atoms with E-state index in [2.05, 4.69) is 40.7 Å². The number of benzene rings is 2. The lowest BCUT2D eigenvalue weighted by molar-refractivity contribution is -0.270. The van der Waals surface area contributed by atoms with E-state index in [1.807, 2.05) is 50.3 Å². The molecule has 7 rings (SSSR count). The number of hydrogen-bond donors (Lipinski definition) is 0. The molecule has 1 unspecified atom stereocenters. The highest BCUT2D eigenvalue weighted by Crippen LogP contribution is 2.48. The largest absolute Gasteiger partial charge is 0.488 e. The van der Waals surface area contributed by atoms with Gasteiger partial charge in [0.1, 0.15) is 47.2 Å². The second-order valence-corrected chi connectivity index (χ2v) is 15.0. The maximum atomic E-state index is 11.8. The van der Waals surface area contributed by atoms with Gasteiger partial charge >= 0.3 is 11.6 Å². The average Bonchev–Trinajstić information content (AvgIpc) is 3.79. The zero-order chi connectivity index (χ0) is 36.7. The van der Waals surface area contributed by atoms with Crippen molar-refractivity contribution in [3.63, 3.8) is 0 Å². The van der Waals surface area contributed by atoms with Crippen molar-refractivity contribution < 1.29 is 41.7 Å². The summed E-state index contributed by atoms with van der Waals surface area (Å²) in [6, 6.07) is 10.4. The van der Waals surface area contributed by atoms with Gasteiger partial charge in [-0.1, -0.05) is 11.1 Å². The van der Waals surface area contributed by atoms with Crippen LogP contribution in [0.2, 0.25) is 0 Å². The Morgan fingerprint density at radius 3 is 2.23 bits per heavy atom. The molecule has 1 spiro atoms. The average molecular weight is 711 g/mol. The number of furan rings is 2. The Hall–Kier alpha value is -4.77. The van der Waals surface area contributed by atoms with Crippen LogP contribution in [0.25, 0.3) is 39.0 Å². The topological polar surface area (TPSA) is 112 Å². The predicted molar refractivity (Wildman–Crippen MR) is 199 cm³/mol. The van der Waals surface area contributed by atoms with E-state index in [9.17, 15) is 4.79 Å². The molecule has 0 radical (unpaired) electrons. The van der Waals surface area contributed by atoms with E-state index in [0.717, 1.165) is 34.8 Å². The Morgan fingerprint density at radius 2 is 1.50 bits per heavy atom. The van der Waals surface area contributed by atoms with Gasteiger partial charge in [0.15, 0.2) is 0 Å². The van der Waals surface area contributed by atoms with Gasteiger partial charge in [-0.05, 0) is 104 Å². The fourth-order valence-electron chi connectivity index (χ4n) is 6.55. The lowest BCUT2D eigenvalue weighted by Crippen LogP contribution is -2.38. The van der Waals surface area contributed by atoms with Gasteiger partial charge in [0.25, 0.3) is 0 Å². The number of fused-ring (bicyclic) bond motifs is 4. The second kappa shape index (κ2) is 14.0. The fourth-order valence-corrected chi connectivity index (χ4v) is 6.55. The summed E-state index contributed by atoms with van der Waals surface area (Å²) in [5.74, 6) is 0.464. The Balaban J connectivity index is 1.00. The molecule has 0 aliphatic carbocycles. The van der Waals surface area contributed by atoms with Crippen molar-refractivity contribution in [2.75, 3.05) is 19.8 Å². The second-order valence-electron chi connectivity index (χ2n) is 15.0. The lowest BCUT2D eigenvalue weighted by Gasteiger charge is -2.30. The monoisotopic (exact) mass is 710 g/mol.